The Morgan fingerprint density at radius 3 is 2.37 bits per heavy atom. The van der Waals surface area contributed by atoms with Gasteiger partial charge in [-0.2, -0.15) is 0 Å². The van der Waals surface area contributed by atoms with Crippen molar-refractivity contribution in [1.29, 1.82) is 0 Å². The number of aryl methyl sites for hydroxylation is 1. The van der Waals surface area contributed by atoms with Crippen molar-refractivity contribution in [3.8, 4) is 5.75 Å². The molecule has 2 amide bonds. The molecule has 0 radical (unpaired) electrons. The van der Waals surface area contributed by atoms with E-state index in [1.54, 1.807) is 31.4 Å². The summed E-state index contributed by atoms with van der Waals surface area (Å²) in [7, 11) is 1.56. The van der Waals surface area contributed by atoms with E-state index in [4.69, 9.17) is 4.74 Å². The highest BCUT2D eigenvalue weighted by Gasteiger charge is 2.22. The van der Waals surface area contributed by atoms with Crippen molar-refractivity contribution in [1.82, 2.24) is 0 Å². The van der Waals surface area contributed by atoms with E-state index in [9.17, 15) is 9.59 Å². The van der Waals surface area contributed by atoms with Crippen molar-refractivity contribution in [2.24, 2.45) is 5.92 Å². The maximum atomic E-state index is 13.2. The Morgan fingerprint density at radius 1 is 1.00 bits per heavy atom. The number of hydrogen-bond donors (Lipinski definition) is 2. The summed E-state index contributed by atoms with van der Waals surface area (Å²) in [6.07, 6.45) is 0.742. The fourth-order valence-corrected chi connectivity index (χ4v) is 4.11. The zero-order valence-corrected chi connectivity index (χ0v) is 18.4. The number of para-hydroxylation sites is 2. The lowest BCUT2D eigenvalue weighted by molar-refractivity contribution is 0.102. The van der Waals surface area contributed by atoms with Gasteiger partial charge in [-0.25, -0.2) is 0 Å². The van der Waals surface area contributed by atoms with E-state index >= 15 is 0 Å². The third-order valence-corrected chi connectivity index (χ3v) is 5.56. The molecule has 3 aromatic rings. The van der Waals surface area contributed by atoms with Gasteiger partial charge >= 0.3 is 0 Å². The number of hydrogen-bond acceptors (Lipinski definition) is 4. The van der Waals surface area contributed by atoms with Gasteiger partial charge in [0.15, 0.2) is 0 Å². The Bertz CT molecular complexity index is 1040. The first-order valence-electron chi connectivity index (χ1n) is 9.81. The van der Waals surface area contributed by atoms with Crippen molar-refractivity contribution >= 4 is 33.8 Å². The van der Waals surface area contributed by atoms with Gasteiger partial charge in [0.25, 0.3) is 11.8 Å². The number of benzene rings is 2. The molecule has 2 N–H and O–H groups in total. The van der Waals surface area contributed by atoms with Crippen molar-refractivity contribution < 1.29 is 14.3 Å². The van der Waals surface area contributed by atoms with Crippen LogP contribution in [0.25, 0.3) is 0 Å². The molecule has 1 heterocycles. The summed E-state index contributed by atoms with van der Waals surface area (Å²) in [5.41, 5.74) is 3.64. The largest absolute Gasteiger partial charge is 0.495 e. The fourth-order valence-electron chi connectivity index (χ4n) is 3.14. The summed E-state index contributed by atoms with van der Waals surface area (Å²) in [5.74, 6) is 0.449. The number of ether oxygens (including phenoxy) is 1. The minimum absolute atomic E-state index is 0.237. The second kappa shape index (κ2) is 9.59. The second-order valence-corrected chi connectivity index (χ2v) is 8.42. The molecule has 0 aliphatic heterocycles. The van der Waals surface area contributed by atoms with E-state index in [1.165, 1.54) is 11.3 Å². The molecule has 0 unspecified atom stereocenters. The van der Waals surface area contributed by atoms with Crippen LogP contribution in [0.5, 0.6) is 5.75 Å². The maximum absolute atomic E-state index is 13.2. The highest BCUT2D eigenvalue weighted by Crippen LogP contribution is 2.32. The molecule has 0 atom stereocenters. The average molecular weight is 423 g/mol. The molecule has 0 fully saturated rings. The molecule has 0 bridgehead atoms. The summed E-state index contributed by atoms with van der Waals surface area (Å²) in [6.45, 7) is 6.17. The number of carbonyl (C=O) groups is 2. The van der Waals surface area contributed by atoms with Crippen LogP contribution in [-0.4, -0.2) is 18.9 Å². The Balaban J connectivity index is 1.90. The molecule has 2 aromatic carbocycles. The number of nitrogens with one attached hydrogen (secondary N) is 2. The predicted molar refractivity (Wildman–Crippen MR) is 123 cm³/mol. The van der Waals surface area contributed by atoms with E-state index in [1.807, 2.05) is 36.6 Å². The standard InChI is InChI=1S/C24H26N2O3S/c1-15(2)13-18-14-30-24(26-22(27)17-11-9-16(3)10-12-17)21(18)23(28)25-19-7-5-6-8-20(19)29-4/h5-12,14-15H,13H2,1-4H3,(H,25,28)(H,26,27). The summed E-state index contributed by atoms with van der Waals surface area (Å²) >= 11 is 1.37. The smallest absolute Gasteiger partial charge is 0.259 e. The maximum Gasteiger partial charge on any atom is 0.259 e. The first kappa shape index (κ1) is 21.6. The normalized spacial score (nSPS) is 10.7. The Labute approximate surface area is 181 Å². The highest BCUT2D eigenvalue weighted by atomic mass is 32.1. The molecule has 6 heteroatoms. The van der Waals surface area contributed by atoms with Gasteiger partial charge < -0.3 is 15.4 Å². The summed E-state index contributed by atoms with van der Waals surface area (Å²) in [6, 6.07) is 14.6. The van der Waals surface area contributed by atoms with Gasteiger partial charge in [0.1, 0.15) is 10.8 Å². The van der Waals surface area contributed by atoms with Gasteiger partial charge in [0.2, 0.25) is 0 Å². The SMILES string of the molecule is COc1ccccc1NC(=O)c1c(CC(C)C)csc1NC(=O)c1ccc(C)cc1. The Morgan fingerprint density at radius 2 is 1.70 bits per heavy atom. The van der Waals surface area contributed by atoms with Crippen LogP contribution in [0.4, 0.5) is 10.7 Å². The van der Waals surface area contributed by atoms with E-state index in [0.29, 0.717) is 33.5 Å². The lowest BCUT2D eigenvalue weighted by atomic mass is 10.0. The first-order valence-corrected chi connectivity index (χ1v) is 10.7. The van der Waals surface area contributed by atoms with Crippen LogP contribution in [0, 0.1) is 12.8 Å². The summed E-state index contributed by atoms with van der Waals surface area (Å²) < 4.78 is 5.34. The molecular formula is C24H26N2O3S. The van der Waals surface area contributed by atoms with Gasteiger partial charge in [-0.15, -0.1) is 11.3 Å². The fraction of sp³-hybridized carbons (Fsp3) is 0.250. The zero-order valence-electron chi connectivity index (χ0n) is 17.6. The van der Waals surface area contributed by atoms with Gasteiger partial charge in [0.05, 0.1) is 18.4 Å². The van der Waals surface area contributed by atoms with Crippen molar-refractivity contribution in [2.75, 3.05) is 17.7 Å². The van der Waals surface area contributed by atoms with Crippen molar-refractivity contribution in [3.05, 3.63) is 76.2 Å². The van der Waals surface area contributed by atoms with E-state index in [-0.39, 0.29) is 11.8 Å². The molecule has 0 spiro atoms. The average Bonchev–Trinajstić information content (AvgIpc) is 3.10. The molecule has 0 aliphatic carbocycles. The number of amides is 2. The van der Waals surface area contributed by atoms with Gasteiger partial charge in [0, 0.05) is 5.56 Å². The minimum Gasteiger partial charge on any atom is -0.495 e. The monoisotopic (exact) mass is 422 g/mol. The molecular weight excluding hydrogens is 396 g/mol. The Hall–Kier alpha value is -3.12. The van der Waals surface area contributed by atoms with Crippen LogP contribution in [0.15, 0.2) is 53.9 Å². The number of carbonyl (C=O) groups excluding carboxylic acids is 2. The number of thiophene rings is 1. The predicted octanol–water partition coefficient (Wildman–Crippen LogP) is 5.77. The highest BCUT2D eigenvalue weighted by molar-refractivity contribution is 7.15. The molecule has 3 rings (SSSR count). The van der Waals surface area contributed by atoms with Crippen LogP contribution in [0.2, 0.25) is 0 Å². The molecule has 1 aromatic heterocycles. The number of anilines is 2. The van der Waals surface area contributed by atoms with Crippen LogP contribution in [0.1, 0.15) is 45.7 Å². The van der Waals surface area contributed by atoms with E-state index < -0.39 is 0 Å². The lowest BCUT2D eigenvalue weighted by Crippen LogP contribution is -2.18. The number of methoxy groups -OCH3 is 1. The summed E-state index contributed by atoms with van der Waals surface area (Å²) in [5, 5.41) is 8.34. The molecule has 30 heavy (non-hydrogen) atoms. The van der Waals surface area contributed by atoms with Crippen molar-refractivity contribution in [2.45, 2.75) is 27.2 Å². The zero-order chi connectivity index (χ0) is 21.7. The van der Waals surface area contributed by atoms with Crippen LogP contribution < -0.4 is 15.4 Å². The third kappa shape index (κ3) is 5.07. The van der Waals surface area contributed by atoms with Crippen LogP contribution >= 0.6 is 11.3 Å². The molecule has 0 saturated carbocycles. The molecule has 0 aliphatic rings. The van der Waals surface area contributed by atoms with E-state index in [2.05, 4.69) is 24.5 Å². The van der Waals surface area contributed by atoms with Crippen LogP contribution in [-0.2, 0) is 6.42 Å². The first-order chi connectivity index (χ1) is 14.4. The van der Waals surface area contributed by atoms with Crippen LogP contribution in [0.3, 0.4) is 0 Å². The van der Waals surface area contributed by atoms with Gasteiger partial charge in [-0.3, -0.25) is 9.59 Å². The lowest BCUT2D eigenvalue weighted by Gasteiger charge is -2.13. The van der Waals surface area contributed by atoms with E-state index in [0.717, 1.165) is 17.5 Å². The van der Waals surface area contributed by atoms with Gasteiger partial charge in [-0.1, -0.05) is 43.7 Å². The second-order valence-electron chi connectivity index (χ2n) is 7.54. The molecule has 0 saturated heterocycles. The topological polar surface area (TPSA) is 67.4 Å². The van der Waals surface area contributed by atoms with Gasteiger partial charge in [-0.05, 0) is 54.5 Å². The van der Waals surface area contributed by atoms with Crippen molar-refractivity contribution in [3.63, 3.8) is 0 Å². The Kier molecular flexibility index (Phi) is 6.90. The number of rotatable bonds is 7. The summed E-state index contributed by atoms with van der Waals surface area (Å²) in [4.78, 5) is 26.0. The third-order valence-electron chi connectivity index (χ3n) is 4.62. The molecule has 156 valence electrons. The minimum atomic E-state index is -0.268. The quantitative estimate of drug-likeness (QED) is 0.508. The molecule has 5 nitrogen and oxygen atoms in total.